The van der Waals surface area contributed by atoms with Crippen LogP contribution in [0.1, 0.15) is 19.7 Å². The maximum atomic E-state index is 6.12. The molecule has 3 rings (SSSR count). The number of rotatable bonds is 5. The minimum Gasteiger partial charge on any atom is -0.368 e. The van der Waals surface area contributed by atoms with Gasteiger partial charge in [-0.2, -0.15) is 0 Å². The average Bonchev–Trinajstić information content (AvgIpc) is 3.13. The van der Waals surface area contributed by atoms with E-state index in [1.807, 2.05) is 22.8 Å². The number of nitrogens with zero attached hydrogens (tertiary/aromatic N) is 6. The average molecular weight is 504 g/mol. The van der Waals surface area contributed by atoms with Crippen LogP contribution in [0.2, 0.25) is 5.02 Å². The summed E-state index contributed by atoms with van der Waals surface area (Å²) in [6, 6.07) is 8.04. The van der Waals surface area contributed by atoms with Crippen LogP contribution in [0.25, 0.3) is 0 Å². The number of hydrogen-bond acceptors (Lipinski definition) is 4. The van der Waals surface area contributed by atoms with Crippen molar-refractivity contribution >= 4 is 47.2 Å². The molecule has 7 nitrogen and oxygen atoms in total. The minimum absolute atomic E-state index is 0. The van der Waals surface area contributed by atoms with E-state index < -0.39 is 0 Å². The van der Waals surface area contributed by atoms with E-state index in [9.17, 15) is 0 Å². The molecule has 1 fully saturated rings. The van der Waals surface area contributed by atoms with E-state index in [-0.39, 0.29) is 24.0 Å². The van der Waals surface area contributed by atoms with Crippen LogP contribution in [0, 0.1) is 0 Å². The number of aryl methyl sites for hydroxylation is 1. The number of hydrogen-bond donors (Lipinski definition) is 1. The van der Waals surface area contributed by atoms with Crippen LogP contribution in [0.4, 0.5) is 5.69 Å². The van der Waals surface area contributed by atoms with E-state index >= 15 is 0 Å². The lowest BCUT2D eigenvalue weighted by Gasteiger charge is -2.37. The first-order valence-corrected chi connectivity index (χ1v) is 9.49. The molecule has 0 spiro atoms. The summed E-state index contributed by atoms with van der Waals surface area (Å²) in [4.78, 5) is 9.43. The smallest absolute Gasteiger partial charge is 0.194 e. The Morgan fingerprint density at radius 3 is 2.67 bits per heavy atom. The minimum atomic E-state index is 0. The lowest BCUT2D eigenvalue weighted by Crippen LogP contribution is -2.52. The van der Waals surface area contributed by atoms with Gasteiger partial charge in [0, 0.05) is 50.0 Å². The second-order valence-corrected chi connectivity index (χ2v) is 6.59. The van der Waals surface area contributed by atoms with E-state index in [0.29, 0.717) is 6.54 Å². The summed E-state index contributed by atoms with van der Waals surface area (Å²) in [5.74, 6) is 1.82. The number of guanidine groups is 1. The molecule has 1 aliphatic heterocycles. The van der Waals surface area contributed by atoms with Crippen molar-refractivity contribution in [3.63, 3.8) is 0 Å². The second-order valence-electron chi connectivity index (χ2n) is 6.16. The summed E-state index contributed by atoms with van der Waals surface area (Å²) >= 11 is 6.12. The van der Waals surface area contributed by atoms with Gasteiger partial charge in [-0.05, 0) is 32.0 Å². The lowest BCUT2D eigenvalue weighted by molar-refractivity contribution is 0.372. The first-order chi connectivity index (χ1) is 12.7. The number of nitrogens with one attached hydrogen (secondary N) is 1. The molecule has 0 amide bonds. The van der Waals surface area contributed by atoms with Gasteiger partial charge in [-0.3, -0.25) is 0 Å². The molecule has 1 aromatic carbocycles. The third-order valence-electron chi connectivity index (χ3n) is 4.49. The van der Waals surface area contributed by atoms with Gasteiger partial charge in [0.2, 0.25) is 0 Å². The topological polar surface area (TPSA) is 61.6 Å². The van der Waals surface area contributed by atoms with E-state index in [2.05, 4.69) is 45.2 Å². The van der Waals surface area contributed by atoms with Gasteiger partial charge in [0.1, 0.15) is 12.9 Å². The maximum absolute atomic E-state index is 6.12. The fourth-order valence-electron chi connectivity index (χ4n) is 3.09. The first kappa shape index (κ1) is 21.7. The fraction of sp³-hybridized carbons (Fsp3) is 0.500. The van der Waals surface area contributed by atoms with Gasteiger partial charge in [0.05, 0.1) is 0 Å². The van der Waals surface area contributed by atoms with Crippen molar-refractivity contribution in [2.75, 3.05) is 37.6 Å². The third-order valence-corrected chi connectivity index (χ3v) is 4.73. The Bertz CT molecular complexity index is 741. The highest BCUT2D eigenvalue weighted by molar-refractivity contribution is 14.0. The van der Waals surface area contributed by atoms with Gasteiger partial charge in [0.15, 0.2) is 11.8 Å². The van der Waals surface area contributed by atoms with Crippen LogP contribution >= 0.6 is 35.6 Å². The number of halogens is 2. The molecule has 148 valence electrons. The van der Waals surface area contributed by atoms with Crippen molar-refractivity contribution in [2.45, 2.75) is 26.9 Å². The van der Waals surface area contributed by atoms with E-state index in [4.69, 9.17) is 16.6 Å². The molecule has 0 atom stereocenters. The highest BCUT2D eigenvalue weighted by Crippen LogP contribution is 2.20. The van der Waals surface area contributed by atoms with Gasteiger partial charge in [-0.25, -0.2) is 4.99 Å². The largest absolute Gasteiger partial charge is 0.368 e. The number of aliphatic imine (C=N–C) groups is 1. The normalized spacial score (nSPS) is 14.9. The van der Waals surface area contributed by atoms with Crippen LogP contribution in [0.5, 0.6) is 0 Å². The molecule has 0 aliphatic carbocycles. The lowest BCUT2D eigenvalue weighted by atomic mass is 10.2. The van der Waals surface area contributed by atoms with Crippen molar-refractivity contribution in [3.05, 3.63) is 41.4 Å². The highest BCUT2D eigenvalue weighted by Gasteiger charge is 2.20. The molecule has 0 saturated carbocycles. The molecule has 1 aliphatic rings. The summed E-state index contributed by atoms with van der Waals surface area (Å²) in [6.07, 6.45) is 1.75. The Balaban J connectivity index is 0.00000261. The van der Waals surface area contributed by atoms with Crippen molar-refractivity contribution < 1.29 is 0 Å². The molecule has 27 heavy (non-hydrogen) atoms. The SMILES string of the molecule is CCNC(=NCc1nncn1CC)N1CCN(c2cccc(Cl)c2)CC1.I. The predicted octanol–water partition coefficient (Wildman–Crippen LogP) is 2.86. The summed E-state index contributed by atoms with van der Waals surface area (Å²) in [5, 5.41) is 12.3. The predicted molar refractivity (Wildman–Crippen MR) is 121 cm³/mol. The van der Waals surface area contributed by atoms with Crippen LogP contribution in [0.3, 0.4) is 0 Å². The molecule has 1 N–H and O–H groups in total. The van der Waals surface area contributed by atoms with E-state index in [1.165, 1.54) is 5.69 Å². The molecule has 2 aromatic rings. The zero-order valence-electron chi connectivity index (χ0n) is 15.8. The van der Waals surface area contributed by atoms with Crippen molar-refractivity contribution in [3.8, 4) is 0 Å². The molecular weight excluding hydrogens is 477 g/mol. The molecule has 0 bridgehead atoms. The van der Waals surface area contributed by atoms with Crippen molar-refractivity contribution in [1.29, 1.82) is 0 Å². The highest BCUT2D eigenvalue weighted by atomic mass is 127. The number of aromatic nitrogens is 3. The van der Waals surface area contributed by atoms with Crippen LogP contribution in [-0.4, -0.2) is 58.3 Å². The van der Waals surface area contributed by atoms with Crippen LogP contribution in [-0.2, 0) is 13.1 Å². The van der Waals surface area contributed by atoms with Gasteiger partial charge in [-0.1, -0.05) is 17.7 Å². The molecule has 2 heterocycles. The quantitative estimate of drug-likeness (QED) is 0.386. The van der Waals surface area contributed by atoms with Gasteiger partial charge >= 0.3 is 0 Å². The summed E-state index contributed by atoms with van der Waals surface area (Å²) in [5.41, 5.74) is 1.18. The van der Waals surface area contributed by atoms with Crippen LogP contribution < -0.4 is 10.2 Å². The molecular formula is C18H27ClIN7. The zero-order chi connectivity index (χ0) is 18.4. The Morgan fingerprint density at radius 2 is 2.00 bits per heavy atom. The summed E-state index contributed by atoms with van der Waals surface area (Å²) in [7, 11) is 0. The van der Waals surface area contributed by atoms with Gasteiger partial charge in [0.25, 0.3) is 0 Å². The maximum Gasteiger partial charge on any atom is 0.194 e. The molecule has 1 aromatic heterocycles. The van der Waals surface area contributed by atoms with Crippen molar-refractivity contribution in [1.82, 2.24) is 25.0 Å². The number of anilines is 1. The number of piperazine rings is 1. The Hall–Kier alpha value is -1.55. The van der Waals surface area contributed by atoms with Gasteiger partial charge < -0.3 is 19.7 Å². The van der Waals surface area contributed by atoms with E-state index in [0.717, 1.165) is 56.1 Å². The molecule has 0 unspecified atom stereocenters. The van der Waals surface area contributed by atoms with Crippen LogP contribution in [0.15, 0.2) is 35.6 Å². The summed E-state index contributed by atoms with van der Waals surface area (Å²) < 4.78 is 2.02. The van der Waals surface area contributed by atoms with Crippen molar-refractivity contribution in [2.24, 2.45) is 4.99 Å². The number of benzene rings is 1. The fourth-order valence-corrected chi connectivity index (χ4v) is 3.27. The Kier molecular flexibility index (Phi) is 8.62. The zero-order valence-corrected chi connectivity index (χ0v) is 18.9. The first-order valence-electron chi connectivity index (χ1n) is 9.11. The van der Waals surface area contributed by atoms with E-state index in [1.54, 1.807) is 6.33 Å². The second kappa shape index (κ2) is 10.7. The molecule has 9 heteroatoms. The Labute approximate surface area is 182 Å². The Morgan fingerprint density at radius 1 is 1.22 bits per heavy atom. The monoisotopic (exact) mass is 503 g/mol. The molecule has 0 radical (unpaired) electrons. The third kappa shape index (κ3) is 5.71. The summed E-state index contributed by atoms with van der Waals surface area (Å²) in [6.45, 7) is 10.1. The van der Waals surface area contributed by atoms with Gasteiger partial charge in [-0.15, -0.1) is 34.2 Å². The standard InChI is InChI=1S/C18H26ClN7.HI/c1-3-20-18(21-13-17-23-22-14-24(17)4-2)26-10-8-25(9-11-26)16-7-5-6-15(19)12-16;/h5-7,12,14H,3-4,8-11,13H2,1-2H3,(H,20,21);1H. The molecule has 1 saturated heterocycles.